The van der Waals surface area contributed by atoms with Crippen LogP contribution in [0.1, 0.15) is 32.6 Å². The van der Waals surface area contributed by atoms with Crippen molar-refractivity contribution in [2.45, 2.75) is 19.9 Å². The van der Waals surface area contributed by atoms with Crippen molar-refractivity contribution in [1.29, 1.82) is 0 Å². The van der Waals surface area contributed by atoms with Crippen molar-refractivity contribution in [3.8, 4) is 0 Å². The van der Waals surface area contributed by atoms with E-state index in [1.165, 1.54) is 27.6 Å². The van der Waals surface area contributed by atoms with Crippen molar-refractivity contribution in [3.63, 3.8) is 0 Å². The maximum absolute atomic E-state index is 13.6. The number of amides is 1. The number of rotatable bonds is 4. The number of para-hydroxylation sites is 1. The Kier molecular flexibility index (Phi) is 4.68. The molecule has 1 atom stereocenters. The van der Waals surface area contributed by atoms with Gasteiger partial charge in [0.2, 0.25) is 5.78 Å². The summed E-state index contributed by atoms with van der Waals surface area (Å²) in [5, 5.41) is 14.0. The molecule has 0 saturated heterocycles. The molecule has 1 aliphatic heterocycles. The van der Waals surface area contributed by atoms with Crippen molar-refractivity contribution in [2.75, 3.05) is 4.90 Å². The van der Waals surface area contributed by atoms with Gasteiger partial charge in [-0.1, -0.05) is 41.7 Å². The van der Waals surface area contributed by atoms with Crippen LogP contribution < -0.4 is 4.90 Å². The molecule has 0 bridgehead atoms. The lowest BCUT2D eigenvalue weighted by atomic mass is 10.0. The van der Waals surface area contributed by atoms with E-state index in [4.69, 9.17) is 9.40 Å². The van der Waals surface area contributed by atoms with Crippen LogP contribution >= 0.6 is 22.7 Å². The van der Waals surface area contributed by atoms with Crippen molar-refractivity contribution in [2.24, 2.45) is 0 Å². The fraction of sp³-hybridized carbons (Fsp3) is 0.115. The third-order valence-electron chi connectivity index (χ3n) is 5.94. The molecule has 34 heavy (non-hydrogen) atoms. The van der Waals surface area contributed by atoms with Crippen molar-refractivity contribution < 1.29 is 19.1 Å². The quantitative estimate of drug-likeness (QED) is 0.293. The maximum Gasteiger partial charge on any atom is 0.296 e. The normalized spacial score (nSPS) is 16.4. The smallest absolute Gasteiger partial charge is 0.296 e. The van der Waals surface area contributed by atoms with Crippen molar-refractivity contribution in [1.82, 2.24) is 4.98 Å². The van der Waals surface area contributed by atoms with Gasteiger partial charge in [-0.25, -0.2) is 4.98 Å². The summed E-state index contributed by atoms with van der Waals surface area (Å²) in [6.45, 7) is 3.99. The zero-order chi connectivity index (χ0) is 23.6. The third kappa shape index (κ3) is 3.10. The molecule has 2 aromatic carbocycles. The molecule has 4 heterocycles. The Morgan fingerprint density at radius 3 is 2.71 bits per heavy atom. The van der Waals surface area contributed by atoms with Gasteiger partial charge < -0.3 is 9.52 Å². The summed E-state index contributed by atoms with van der Waals surface area (Å²) in [4.78, 5) is 33.9. The minimum atomic E-state index is -0.796. The molecule has 6 nitrogen and oxygen atoms in total. The van der Waals surface area contributed by atoms with E-state index in [9.17, 15) is 14.7 Å². The summed E-state index contributed by atoms with van der Waals surface area (Å²) in [6, 6.07) is 15.9. The van der Waals surface area contributed by atoms with E-state index in [0.717, 1.165) is 31.6 Å². The highest BCUT2D eigenvalue weighted by molar-refractivity contribution is 7.22. The molecule has 5 aromatic rings. The van der Waals surface area contributed by atoms with Gasteiger partial charge in [-0.3, -0.25) is 14.5 Å². The number of Topliss-reactive ketones (excluding diaryl/α,β-unsaturated/α-hetero) is 1. The second-order valence-electron chi connectivity index (χ2n) is 8.26. The van der Waals surface area contributed by atoms with E-state index < -0.39 is 23.5 Å². The number of anilines is 1. The monoisotopic (exact) mass is 486 g/mol. The number of fused-ring (bicyclic) bond motifs is 2. The first-order valence-electron chi connectivity index (χ1n) is 10.6. The predicted octanol–water partition coefficient (Wildman–Crippen LogP) is 6.50. The van der Waals surface area contributed by atoms with Gasteiger partial charge in [0.15, 0.2) is 16.7 Å². The number of aliphatic hydroxyl groups excluding tert-OH is 1. The SMILES string of the molecule is Cc1cc(C)c2nc(N3C(=O)C(O)=C(C(=O)c4cc5ccccc5o4)C3c3cccs3)sc2c1. The minimum absolute atomic E-state index is 0.00124. The lowest BCUT2D eigenvalue weighted by Crippen LogP contribution is -2.30. The van der Waals surface area contributed by atoms with Crippen LogP contribution in [0.3, 0.4) is 0 Å². The highest BCUT2D eigenvalue weighted by Crippen LogP contribution is 2.46. The molecule has 0 radical (unpaired) electrons. The number of benzene rings is 2. The van der Waals surface area contributed by atoms with Gasteiger partial charge in [-0.2, -0.15) is 0 Å². The first-order chi connectivity index (χ1) is 16.4. The van der Waals surface area contributed by atoms with Gasteiger partial charge in [0, 0.05) is 10.3 Å². The molecular formula is C26H18N2O4S2. The van der Waals surface area contributed by atoms with Crippen LogP contribution in [0.4, 0.5) is 5.13 Å². The van der Waals surface area contributed by atoms with Gasteiger partial charge in [0.25, 0.3) is 5.91 Å². The van der Waals surface area contributed by atoms with Gasteiger partial charge in [0.05, 0.1) is 15.8 Å². The zero-order valence-electron chi connectivity index (χ0n) is 18.2. The number of aryl methyl sites for hydroxylation is 2. The van der Waals surface area contributed by atoms with Crippen LogP contribution in [0.25, 0.3) is 21.2 Å². The molecule has 1 N–H and O–H groups in total. The molecule has 0 aliphatic carbocycles. The van der Waals surface area contributed by atoms with E-state index in [0.29, 0.717) is 10.7 Å². The number of hydrogen-bond donors (Lipinski definition) is 1. The van der Waals surface area contributed by atoms with Crippen LogP contribution in [0.15, 0.2) is 75.7 Å². The number of aliphatic hydroxyl groups is 1. The molecule has 168 valence electrons. The molecule has 1 amide bonds. The first-order valence-corrected chi connectivity index (χ1v) is 12.3. The van der Waals surface area contributed by atoms with Gasteiger partial charge in [-0.15, -0.1) is 11.3 Å². The number of hydrogen-bond acceptors (Lipinski definition) is 7. The molecular weight excluding hydrogens is 468 g/mol. The molecule has 3 aromatic heterocycles. The van der Waals surface area contributed by atoms with E-state index in [1.807, 2.05) is 61.7 Å². The maximum atomic E-state index is 13.6. The molecule has 0 spiro atoms. The van der Waals surface area contributed by atoms with E-state index in [1.54, 1.807) is 12.1 Å². The van der Waals surface area contributed by atoms with Crippen molar-refractivity contribution >= 4 is 60.7 Å². The highest BCUT2D eigenvalue weighted by atomic mass is 32.1. The average Bonchev–Trinajstić information content (AvgIpc) is 3.59. The van der Waals surface area contributed by atoms with Crippen LogP contribution in [-0.2, 0) is 4.79 Å². The Balaban J connectivity index is 1.50. The number of thiazole rings is 1. The highest BCUT2D eigenvalue weighted by Gasteiger charge is 2.47. The fourth-order valence-electron chi connectivity index (χ4n) is 4.44. The third-order valence-corrected chi connectivity index (χ3v) is 7.87. The van der Waals surface area contributed by atoms with Gasteiger partial charge in [-0.05, 0) is 54.6 Å². The Morgan fingerprint density at radius 1 is 1.12 bits per heavy atom. The summed E-state index contributed by atoms with van der Waals surface area (Å²) >= 11 is 2.78. The summed E-state index contributed by atoms with van der Waals surface area (Å²) in [5.74, 6) is -1.66. The molecule has 0 fully saturated rings. The van der Waals surface area contributed by atoms with Gasteiger partial charge >= 0.3 is 0 Å². The van der Waals surface area contributed by atoms with E-state index >= 15 is 0 Å². The van der Waals surface area contributed by atoms with Crippen molar-refractivity contribution in [3.05, 3.63) is 93.1 Å². The number of carbonyl (C=O) groups is 2. The lowest BCUT2D eigenvalue weighted by molar-refractivity contribution is -0.117. The number of thiophene rings is 1. The second-order valence-corrected chi connectivity index (χ2v) is 10.2. The predicted molar refractivity (Wildman–Crippen MR) is 134 cm³/mol. The van der Waals surface area contributed by atoms with Crippen LogP contribution in [0, 0.1) is 13.8 Å². The topological polar surface area (TPSA) is 83.6 Å². The number of furan rings is 1. The van der Waals surface area contributed by atoms with Crippen LogP contribution in [0.5, 0.6) is 0 Å². The minimum Gasteiger partial charge on any atom is -0.503 e. The largest absolute Gasteiger partial charge is 0.503 e. The second kappa shape index (κ2) is 7.65. The number of nitrogens with zero attached hydrogens (tertiary/aromatic N) is 2. The van der Waals surface area contributed by atoms with Gasteiger partial charge in [0.1, 0.15) is 11.6 Å². The zero-order valence-corrected chi connectivity index (χ0v) is 19.9. The summed E-state index contributed by atoms with van der Waals surface area (Å²) in [6.07, 6.45) is 0. The van der Waals surface area contributed by atoms with Crippen LogP contribution in [0.2, 0.25) is 0 Å². The van der Waals surface area contributed by atoms with E-state index in [2.05, 4.69) is 0 Å². The number of ketones is 1. The fourth-order valence-corrected chi connectivity index (χ4v) is 6.43. The Hall–Kier alpha value is -3.75. The Bertz CT molecular complexity index is 1610. The molecule has 8 heteroatoms. The molecule has 1 unspecified atom stereocenters. The number of aromatic nitrogens is 1. The summed E-state index contributed by atoms with van der Waals surface area (Å²) < 4.78 is 6.72. The molecule has 1 aliphatic rings. The average molecular weight is 487 g/mol. The molecule has 0 saturated carbocycles. The number of carbonyl (C=O) groups excluding carboxylic acids is 2. The van der Waals surface area contributed by atoms with E-state index in [-0.39, 0.29) is 11.3 Å². The summed E-state index contributed by atoms with van der Waals surface area (Å²) in [7, 11) is 0. The standard InChI is InChI=1S/C26H18N2O4S2/c1-13-10-14(2)21-19(11-13)34-26(27-21)28-22(18-8-5-9-33-18)20(24(30)25(28)31)23(29)17-12-15-6-3-4-7-16(15)32-17/h3-12,22,30H,1-2H3. The summed E-state index contributed by atoms with van der Waals surface area (Å²) in [5.41, 5.74) is 3.48. The Morgan fingerprint density at radius 2 is 1.94 bits per heavy atom. The Labute approximate surface area is 202 Å². The first kappa shape index (κ1) is 20.8. The lowest BCUT2D eigenvalue weighted by Gasteiger charge is -2.22. The van der Waals surface area contributed by atoms with Crippen LogP contribution in [-0.4, -0.2) is 21.8 Å². The molecule has 6 rings (SSSR count).